The van der Waals surface area contributed by atoms with Crippen LogP contribution in [0.2, 0.25) is 0 Å². The van der Waals surface area contributed by atoms with Crippen LogP contribution in [0.25, 0.3) is 0 Å². The van der Waals surface area contributed by atoms with Gasteiger partial charge >= 0.3 is 5.97 Å². The molecular formula is C57H103NO10. The van der Waals surface area contributed by atoms with Crippen LogP contribution in [-0.4, -0.2) is 99.6 Å². The molecule has 8 unspecified atom stereocenters. The topological polar surface area (TPSA) is 175 Å². The number of hydrogen-bond donors (Lipinski definition) is 6. The van der Waals surface area contributed by atoms with E-state index < -0.39 is 67.4 Å². The zero-order valence-electron chi connectivity index (χ0n) is 43.5. The first kappa shape index (κ1) is 63.6. The SMILES string of the molecule is CCCC/C=C\CCCCCCC(O)C(=O)NC(COC1OC(CO)C(O)C(O)C1OC(=O)CCCCCCCCC/C=C\C/C=C\CCCCC)C(O)/C=C/CCCCCCCCCCCC. The van der Waals surface area contributed by atoms with Gasteiger partial charge in [-0.1, -0.05) is 204 Å². The van der Waals surface area contributed by atoms with Crippen LogP contribution in [0.15, 0.2) is 48.6 Å². The molecule has 0 aromatic rings. The van der Waals surface area contributed by atoms with Gasteiger partial charge in [-0.3, -0.25) is 9.59 Å². The molecule has 0 bridgehead atoms. The van der Waals surface area contributed by atoms with E-state index in [4.69, 9.17) is 14.2 Å². The van der Waals surface area contributed by atoms with E-state index in [9.17, 15) is 35.1 Å². The summed E-state index contributed by atoms with van der Waals surface area (Å²) in [7, 11) is 0. The highest BCUT2D eigenvalue weighted by molar-refractivity contribution is 5.80. The van der Waals surface area contributed by atoms with Gasteiger partial charge in [0, 0.05) is 6.42 Å². The molecule has 0 aliphatic carbocycles. The Kier molecular flexibility index (Phi) is 42.8. The Morgan fingerprint density at radius 2 is 1.03 bits per heavy atom. The van der Waals surface area contributed by atoms with E-state index in [-0.39, 0.29) is 19.4 Å². The predicted octanol–water partition coefficient (Wildman–Crippen LogP) is 12.1. The Bertz CT molecular complexity index is 1290. The molecule has 1 fully saturated rings. The third kappa shape index (κ3) is 34.0. The lowest BCUT2D eigenvalue weighted by atomic mass is 9.99. The largest absolute Gasteiger partial charge is 0.454 e. The third-order valence-corrected chi connectivity index (χ3v) is 13.0. The van der Waals surface area contributed by atoms with E-state index in [0.29, 0.717) is 12.8 Å². The van der Waals surface area contributed by atoms with Crippen molar-refractivity contribution in [1.82, 2.24) is 5.32 Å². The van der Waals surface area contributed by atoms with Gasteiger partial charge in [-0.25, -0.2) is 0 Å². The van der Waals surface area contributed by atoms with Crippen molar-refractivity contribution in [1.29, 1.82) is 0 Å². The number of esters is 1. The molecule has 68 heavy (non-hydrogen) atoms. The van der Waals surface area contributed by atoms with Crippen molar-refractivity contribution < 1.29 is 49.3 Å². The van der Waals surface area contributed by atoms with E-state index >= 15 is 0 Å². The van der Waals surface area contributed by atoms with Crippen LogP contribution < -0.4 is 5.32 Å². The number of carbonyl (C=O) groups is 2. The van der Waals surface area contributed by atoms with Crippen molar-refractivity contribution in [2.45, 2.75) is 288 Å². The van der Waals surface area contributed by atoms with Gasteiger partial charge in [0.15, 0.2) is 12.4 Å². The lowest BCUT2D eigenvalue weighted by molar-refractivity contribution is -0.305. The van der Waals surface area contributed by atoms with Crippen molar-refractivity contribution in [3.05, 3.63) is 48.6 Å². The molecule has 396 valence electrons. The molecule has 1 heterocycles. The van der Waals surface area contributed by atoms with Crippen molar-refractivity contribution in [2.75, 3.05) is 13.2 Å². The van der Waals surface area contributed by atoms with Gasteiger partial charge in [-0.05, 0) is 77.0 Å². The molecule has 11 nitrogen and oxygen atoms in total. The number of aliphatic hydroxyl groups is 5. The summed E-state index contributed by atoms with van der Waals surface area (Å²) in [5.41, 5.74) is 0. The Morgan fingerprint density at radius 1 is 0.574 bits per heavy atom. The van der Waals surface area contributed by atoms with Gasteiger partial charge in [0.25, 0.3) is 0 Å². The highest BCUT2D eigenvalue weighted by atomic mass is 16.7. The average molecular weight is 962 g/mol. The number of allylic oxidation sites excluding steroid dienone is 7. The van der Waals surface area contributed by atoms with Gasteiger partial charge in [0.1, 0.15) is 24.4 Å². The molecular weight excluding hydrogens is 859 g/mol. The standard InChI is InChI=1S/C57H103NO10/c1-4-7-10-13-16-19-22-24-25-26-27-28-30-33-36-39-42-45-52(62)68-55-54(64)53(63)51(46-59)67-57(55)66-47-48(49(60)43-40-37-34-32-29-23-20-17-14-11-8-5-2)58-56(65)50(61)44-41-38-35-31-21-18-15-12-9-6-3/h15-16,18-19,24-25,40,43,48-51,53-55,57,59-61,63-64H,4-14,17,20-23,26-39,41-42,44-47H2,1-3H3,(H,58,65)/b18-15-,19-16-,25-24-,43-40+. The Balaban J connectivity index is 2.73. The highest BCUT2D eigenvalue weighted by Gasteiger charge is 2.47. The van der Waals surface area contributed by atoms with E-state index in [0.717, 1.165) is 89.9 Å². The summed E-state index contributed by atoms with van der Waals surface area (Å²) in [6, 6.07) is -1.03. The summed E-state index contributed by atoms with van der Waals surface area (Å²) in [5, 5.41) is 56.6. The number of carbonyl (C=O) groups excluding carboxylic acids is 2. The molecule has 1 rings (SSSR count). The minimum absolute atomic E-state index is 0.114. The fourth-order valence-electron chi connectivity index (χ4n) is 8.43. The van der Waals surface area contributed by atoms with Crippen molar-refractivity contribution >= 4 is 11.9 Å². The molecule has 0 saturated carbocycles. The lowest BCUT2D eigenvalue weighted by Gasteiger charge is -2.41. The van der Waals surface area contributed by atoms with Crippen molar-refractivity contribution in [3.63, 3.8) is 0 Å². The second-order valence-corrected chi connectivity index (χ2v) is 19.3. The molecule has 0 spiro atoms. The molecule has 1 aliphatic rings. The monoisotopic (exact) mass is 962 g/mol. The van der Waals surface area contributed by atoms with Crippen LogP contribution in [0.5, 0.6) is 0 Å². The Hall–Kier alpha value is -2.38. The number of hydrogen-bond acceptors (Lipinski definition) is 10. The predicted molar refractivity (Wildman–Crippen MR) is 278 cm³/mol. The van der Waals surface area contributed by atoms with E-state index in [1.807, 2.05) is 6.08 Å². The second-order valence-electron chi connectivity index (χ2n) is 19.3. The average Bonchev–Trinajstić information content (AvgIpc) is 3.33. The van der Waals surface area contributed by atoms with Gasteiger partial charge in [0.2, 0.25) is 5.91 Å². The molecule has 0 aromatic carbocycles. The van der Waals surface area contributed by atoms with Crippen LogP contribution in [-0.2, 0) is 23.8 Å². The van der Waals surface area contributed by atoms with E-state index in [1.54, 1.807) is 6.08 Å². The summed E-state index contributed by atoms with van der Waals surface area (Å²) in [6.45, 7) is 5.69. The number of aliphatic hydroxyl groups excluding tert-OH is 5. The summed E-state index contributed by atoms with van der Waals surface area (Å²) in [5.74, 6) is -1.21. The van der Waals surface area contributed by atoms with Crippen molar-refractivity contribution in [3.8, 4) is 0 Å². The molecule has 0 aromatic heterocycles. The number of ether oxygens (including phenoxy) is 3. The van der Waals surface area contributed by atoms with Crippen LogP contribution in [0, 0.1) is 0 Å². The maximum absolute atomic E-state index is 13.3. The number of nitrogens with one attached hydrogen (secondary N) is 1. The number of rotatable bonds is 46. The first-order valence-corrected chi connectivity index (χ1v) is 27.9. The number of unbranched alkanes of at least 4 members (excludes halogenated alkanes) is 26. The molecule has 6 N–H and O–H groups in total. The van der Waals surface area contributed by atoms with Crippen LogP contribution >= 0.6 is 0 Å². The van der Waals surface area contributed by atoms with Gasteiger partial charge in [0.05, 0.1) is 25.4 Å². The van der Waals surface area contributed by atoms with Crippen LogP contribution in [0.1, 0.15) is 239 Å². The summed E-state index contributed by atoms with van der Waals surface area (Å²) >= 11 is 0. The summed E-state index contributed by atoms with van der Waals surface area (Å²) in [4.78, 5) is 26.4. The zero-order chi connectivity index (χ0) is 49.7. The third-order valence-electron chi connectivity index (χ3n) is 13.0. The summed E-state index contributed by atoms with van der Waals surface area (Å²) < 4.78 is 17.5. The fraction of sp³-hybridized carbons (Fsp3) is 0.825. The van der Waals surface area contributed by atoms with E-state index in [2.05, 4.69) is 62.5 Å². The maximum Gasteiger partial charge on any atom is 0.306 e. The molecule has 8 atom stereocenters. The molecule has 11 heteroatoms. The Labute approximate surface area is 415 Å². The van der Waals surface area contributed by atoms with E-state index in [1.165, 1.54) is 103 Å². The highest BCUT2D eigenvalue weighted by Crippen LogP contribution is 2.26. The minimum atomic E-state index is -1.62. The fourth-order valence-corrected chi connectivity index (χ4v) is 8.43. The normalized spacial score (nSPS) is 20.3. The maximum atomic E-state index is 13.3. The molecule has 1 aliphatic heterocycles. The first-order chi connectivity index (χ1) is 33.2. The molecule has 0 radical (unpaired) electrons. The Morgan fingerprint density at radius 3 is 1.59 bits per heavy atom. The second kappa shape index (κ2) is 45.7. The first-order valence-electron chi connectivity index (χ1n) is 27.9. The summed E-state index contributed by atoms with van der Waals surface area (Å²) in [6.07, 6.45) is 43.0. The lowest BCUT2D eigenvalue weighted by Crippen LogP contribution is -2.61. The smallest absolute Gasteiger partial charge is 0.306 e. The van der Waals surface area contributed by atoms with Gasteiger partial charge in [-0.2, -0.15) is 0 Å². The van der Waals surface area contributed by atoms with Crippen LogP contribution in [0.4, 0.5) is 0 Å². The number of amides is 1. The van der Waals surface area contributed by atoms with Gasteiger partial charge in [-0.15, -0.1) is 0 Å². The molecule has 1 saturated heterocycles. The van der Waals surface area contributed by atoms with Crippen molar-refractivity contribution in [2.24, 2.45) is 0 Å². The zero-order valence-corrected chi connectivity index (χ0v) is 43.5. The minimum Gasteiger partial charge on any atom is -0.454 e. The molecule has 1 amide bonds. The van der Waals surface area contributed by atoms with Gasteiger partial charge < -0.3 is 45.1 Å². The quantitative estimate of drug-likeness (QED) is 0.0196. The van der Waals surface area contributed by atoms with Crippen LogP contribution in [0.3, 0.4) is 0 Å².